The van der Waals surface area contributed by atoms with Gasteiger partial charge in [0.25, 0.3) is 5.69 Å². The maximum absolute atomic E-state index is 12.6. The van der Waals surface area contributed by atoms with Crippen molar-refractivity contribution in [3.05, 3.63) is 40.1 Å². The van der Waals surface area contributed by atoms with Gasteiger partial charge in [0.2, 0.25) is 5.91 Å². The van der Waals surface area contributed by atoms with Crippen molar-refractivity contribution in [2.24, 2.45) is 0 Å². The van der Waals surface area contributed by atoms with E-state index < -0.39 is 10.9 Å². The predicted octanol–water partition coefficient (Wildman–Crippen LogP) is 2.08. The van der Waals surface area contributed by atoms with Crippen molar-refractivity contribution >= 4 is 28.5 Å². The monoisotopic (exact) mass is 331 g/mol. The minimum absolute atomic E-state index is 0.0271. The Hall–Kier alpha value is -2.90. The van der Waals surface area contributed by atoms with Crippen molar-refractivity contribution < 1.29 is 19.6 Å². The van der Waals surface area contributed by atoms with Crippen LogP contribution >= 0.6 is 0 Å². The first kappa shape index (κ1) is 16.0. The van der Waals surface area contributed by atoms with Crippen molar-refractivity contribution in [3.63, 3.8) is 0 Å². The molecule has 2 aromatic rings. The number of benzene rings is 1. The number of hydrogen-bond acceptors (Lipinski definition) is 4. The first-order valence-corrected chi connectivity index (χ1v) is 7.71. The number of nitro benzene ring substituents is 1. The predicted molar refractivity (Wildman–Crippen MR) is 85.6 cm³/mol. The number of nitrogens with zero attached hydrogens (tertiary/aromatic N) is 2. The third-order valence-corrected chi connectivity index (χ3v) is 4.41. The molecular formula is C16H17N3O5. The lowest BCUT2D eigenvalue weighted by atomic mass is 10.1. The van der Waals surface area contributed by atoms with Crippen molar-refractivity contribution in [1.82, 2.24) is 9.88 Å². The van der Waals surface area contributed by atoms with Gasteiger partial charge in [0.1, 0.15) is 0 Å². The number of nitro groups is 1. The number of H-pyrrole nitrogens is 1. The molecule has 0 aliphatic carbocycles. The summed E-state index contributed by atoms with van der Waals surface area (Å²) in [4.78, 5) is 38.5. The summed E-state index contributed by atoms with van der Waals surface area (Å²) in [6.07, 6.45) is 3.21. The van der Waals surface area contributed by atoms with E-state index in [-0.39, 0.29) is 30.5 Å². The zero-order chi connectivity index (χ0) is 17.3. The van der Waals surface area contributed by atoms with Crippen LogP contribution in [0.3, 0.4) is 0 Å². The van der Waals surface area contributed by atoms with E-state index in [9.17, 15) is 19.7 Å². The Balaban J connectivity index is 1.81. The van der Waals surface area contributed by atoms with Crippen LogP contribution in [-0.4, -0.2) is 44.4 Å². The smallest absolute Gasteiger partial charge is 0.305 e. The molecule has 1 aromatic heterocycles. The first-order chi connectivity index (χ1) is 11.5. The van der Waals surface area contributed by atoms with Gasteiger partial charge in [-0.1, -0.05) is 0 Å². The van der Waals surface area contributed by atoms with Gasteiger partial charge in [-0.3, -0.25) is 19.7 Å². The Kier molecular flexibility index (Phi) is 4.20. The van der Waals surface area contributed by atoms with E-state index in [0.717, 1.165) is 11.9 Å². The minimum Gasteiger partial charge on any atom is -0.481 e. The van der Waals surface area contributed by atoms with Gasteiger partial charge >= 0.3 is 5.97 Å². The summed E-state index contributed by atoms with van der Waals surface area (Å²) in [5.41, 5.74) is 1.38. The molecule has 126 valence electrons. The number of fused-ring (bicyclic) bond motifs is 1. The number of carboxylic acids is 1. The summed E-state index contributed by atoms with van der Waals surface area (Å²) in [6, 6.07) is 4.21. The summed E-state index contributed by atoms with van der Waals surface area (Å²) in [5.74, 6) is -1.06. The average Bonchev–Trinajstić information content (AvgIpc) is 3.13. The highest BCUT2D eigenvalue weighted by Gasteiger charge is 2.30. The number of nitrogens with one attached hydrogen (secondary N) is 1. The zero-order valence-corrected chi connectivity index (χ0v) is 12.9. The molecule has 1 saturated heterocycles. The van der Waals surface area contributed by atoms with Gasteiger partial charge in [-0.05, 0) is 24.5 Å². The molecule has 1 aliphatic heterocycles. The van der Waals surface area contributed by atoms with E-state index in [2.05, 4.69) is 4.98 Å². The molecule has 1 aromatic carbocycles. The molecular weight excluding hydrogens is 314 g/mol. The number of rotatable bonds is 5. The largest absolute Gasteiger partial charge is 0.481 e. The van der Waals surface area contributed by atoms with E-state index in [1.807, 2.05) is 0 Å². The van der Waals surface area contributed by atoms with Crippen molar-refractivity contribution in [1.29, 1.82) is 0 Å². The Bertz CT molecular complexity index is 813. The van der Waals surface area contributed by atoms with Gasteiger partial charge < -0.3 is 15.0 Å². The minimum atomic E-state index is -0.914. The number of non-ortho nitro benzene ring substituents is 1. The third-order valence-electron chi connectivity index (χ3n) is 4.41. The van der Waals surface area contributed by atoms with Gasteiger partial charge in [-0.2, -0.15) is 0 Å². The second-order valence-corrected chi connectivity index (χ2v) is 5.96. The van der Waals surface area contributed by atoms with E-state index >= 15 is 0 Å². The van der Waals surface area contributed by atoms with Crippen LogP contribution in [0.2, 0.25) is 0 Å². The SMILES string of the molecule is O=C(O)CC1CCCN1C(=O)Cc1c[nH]c2ccc([N+](=O)[O-])cc12. The van der Waals surface area contributed by atoms with Crippen LogP contribution in [-0.2, 0) is 16.0 Å². The summed E-state index contributed by atoms with van der Waals surface area (Å²) >= 11 is 0. The lowest BCUT2D eigenvalue weighted by Crippen LogP contribution is -2.37. The normalized spacial score (nSPS) is 17.3. The molecule has 1 atom stereocenters. The maximum atomic E-state index is 12.6. The highest BCUT2D eigenvalue weighted by molar-refractivity contribution is 5.90. The van der Waals surface area contributed by atoms with Gasteiger partial charge in [-0.15, -0.1) is 0 Å². The Morgan fingerprint density at radius 3 is 2.92 bits per heavy atom. The van der Waals surface area contributed by atoms with E-state index in [1.165, 1.54) is 12.1 Å². The van der Waals surface area contributed by atoms with Crippen molar-refractivity contribution in [2.45, 2.75) is 31.7 Å². The van der Waals surface area contributed by atoms with Crippen LogP contribution < -0.4 is 0 Å². The van der Waals surface area contributed by atoms with Crippen LogP contribution in [0.5, 0.6) is 0 Å². The highest BCUT2D eigenvalue weighted by Crippen LogP contribution is 2.26. The number of aromatic amines is 1. The van der Waals surface area contributed by atoms with Crippen LogP contribution in [0.1, 0.15) is 24.8 Å². The Labute approximate surface area is 137 Å². The number of likely N-dealkylation sites (tertiary alicyclic amines) is 1. The molecule has 2 N–H and O–H groups in total. The summed E-state index contributed by atoms with van der Waals surface area (Å²) in [6.45, 7) is 0.555. The standard InChI is InChI=1S/C16H17N3O5/c20-15(18-5-1-2-11(18)8-16(21)22)6-10-9-17-14-4-3-12(19(23)24)7-13(10)14/h3-4,7,9,11,17H,1-2,5-6,8H2,(H,21,22). The number of aliphatic carboxylic acids is 1. The third kappa shape index (κ3) is 3.08. The Morgan fingerprint density at radius 2 is 2.21 bits per heavy atom. The molecule has 24 heavy (non-hydrogen) atoms. The van der Waals surface area contributed by atoms with E-state index in [1.54, 1.807) is 17.2 Å². The van der Waals surface area contributed by atoms with Gasteiger partial charge in [0.05, 0.1) is 17.8 Å². The first-order valence-electron chi connectivity index (χ1n) is 7.71. The molecule has 8 nitrogen and oxygen atoms in total. The van der Waals surface area contributed by atoms with Crippen LogP contribution in [0.25, 0.3) is 10.9 Å². The number of hydrogen-bond donors (Lipinski definition) is 2. The fraction of sp³-hybridized carbons (Fsp3) is 0.375. The lowest BCUT2D eigenvalue weighted by Gasteiger charge is -2.23. The molecule has 1 unspecified atom stereocenters. The molecule has 0 saturated carbocycles. The number of aromatic nitrogens is 1. The summed E-state index contributed by atoms with van der Waals surface area (Å²) < 4.78 is 0. The fourth-order valence-corrected chi connectivity index (χ4v) is 3.27. The molecule has 2 heterocycles. The topological polar surface area (TPSA) is 117 Å². The van der Waals surface area contributed by atoms with E-state index in [0.29, 0.717) is 23.9 Å². The maximum Gasteiger partial charge on any atom is 0.305 e. The molecule has 1 amide bonds. The van der Waals surface area contributed by atoms with Crippen LogP contribution in [0, 0.1) is 10.1 Å². The summed E-state index contributed by atoms with van der Waals surface area (Å²) in [5, 5.41) is 20.5. The highest BCUT2D eigenvalue weighted by atomic mass is 16.6. The number of carbonyl (C=O) groups is 2. The van der Waals surface area contributed by atoms with Crippen molar-refractivity contribution in [3.8, 4) is 0 Å². The van der Waals surface area contributed by atoms with Crippen molar-refractivity contribution in [2.75, 3.05) is 6.54 Å². The zero-order valence-electron chi connectivity index (χ0n) is 12.9. The van der Waals surface area contributed by atoms with Crippen LogP contribution in [0.4, 0.5) is 5.69 Å². The second-order valence-electron chi connectivity index (χ2n) is 5.96. The van der Waals surface area contributed by atoms with E-state index in [4.69, 9.17) is 5.11 Å². The van der Waals surface area contributed by atoms with Crippen LogP contribution in [0.15, 0.2) is 24.4 Å². The molecule has 1 aliphatic rings. The lowest BCUT2D eigenvalue weighted by molar-refractivity contribution is -0.384. The second kappa shape index (κ2) is 6.31. The summed E-state index contributed by atoms with van der Waals surface area (Å²) in [7, 11) is 0. The number of carbonyl (C=O) groups excluding carboxylic acids is 1. The molecule has 0 radical (unpaired) electrons. The average molecular weight is 331 g/mol. The number of carboxylic acid groups (broad SMARTS) is 1. The van der Waals surface area contributed by atoms with Gasteiger partial charge in [-0.25, -0.2) is 0 Å². The number of amides is 1. The molecule has 0 bridgehead atoms. The molecule has 0 spiro atoms. The molecule has 3 rings (SSSR count). The van der Waals surface area contributed by atoms with Gasteiger partial charge in [0, 0.05) is 41.8 Å². The van der Waals surface area contributed by atoms with Gasteiger partial charge in [0.15, 0.2) is 0 Å². The molecule has 8 heteroatoms. The Morgan fingerprint density at radius 1 is 1.42 bits per heavy atom. The quantitative estimate of drug-likeness (QED) is 0.642. The molecule has 1 fully saturated rings. The fourth-order valence-electron chi connectivity index (χ4n) is 3.27.